The molecule has 2 N–H and O–H groups in total. The van der Waals surface area contributed by atoms with E-state index >= 15 is 0 Å². The fourth-order valence-corrected chi connectivity index (χ4v) is 1.46. The first-order valence-corrected chi connectivity index (χ1v) is 7.06. The Labute approximate surface area is 115 Å². The summed E-state index contributed by atoms with van der Waals surface area (Å²) in [6.45, 7) is 12.0. The fourth-order valence-electron chi connectivity index (χ4n) is 1.46. The van der Waals surface area contributed by atoms with Crippen molar-refractivity contribution in [3.63, 3.8) is 0 Å². The molecule has 0 aromatic carbocycles. The van der Waals surface area contributed by atoms with Crippen LogP contribution in [0.1, 0.15) is 46.1 Å². The highest BCUT2D eigenvalue weighted by Gasteiger charge is 2.09. The van der Waals surface area contributed by atoms with E-state index in [0.29, 0.717) is 18.5 Å². The van der Waals surface area contributed by atoms with E-state index < -0.39 is 0 Å². The second-order valence-electron chi connectivity index (χ2n) is 5.01. The maximum atomic E-state index is 5.22. The molecule has 1 heterocycles. The van der Waals surface area contributed by atoms with Crippen molar-refractivity contribution >= 4 is 5.96 Å². The van der Waals surface area contributed by atoms with Crippen LogP contribution in [0.3, 0.4) is 0 Å². The third-order valence-electron chi connectivity index (χ3n) is 3.07. The quantitative estimate of drug-likeness (QED) is 0.613. The van der Waals surface area contributed by atoms with Crippen molar-refractivity contribution in [3.8, 4) is 0 Å². The average Bonchev–Trinajstić information content (AvgIpc) is 2.84. The van der Waals surface area contributed by atoms with E-state index in [-0.39, 0.29) is 0 Å². The molecule has 1 aromatic rings. The summed E-state index contributed by atoms with van der Waals surface area (Å²) in [5.41, 5.74) is 0.971. The molecule has 1 rings (SSSR count). The number of aliphatic imine (C=N–C) groups is 1. The number of aryl methyl sites for hydroxylation is 1. The lowest BCUT2D eigenvalue weighted by atomic mass is 10.1. The summed E-state index contributed by atoms with van der Waals surface area (Å²) in [6.07, 6.45) is 0.885. The molecule has 0 saturated heterocycles. The number of aromatic nitrogens is 1. The molecule has 0 aliphatic carbocycles. The van der Waals surface area contributed by atoms with Crippen LogP contribution in [0, 0.1) is 5.92 Å². The van der Waals surface area contributed by atoms with Gasteiger partial charge in [0.15, 0.2) is 11.7 Å². The number of hydrogen-bond acceptors (Lipinski definition) is 3. The van der Waals surface area contributed by atoms with Gasteiger partial charge in [-0.2, -0.15) is 0 Å². The number of guanidine groups is 1. The molecule has 5 nitrogen and oxygen atoms in total. The van der Waals surface area contributed by atoms with Crippen LogP contribution >= 0.6 is 0 Å². The predicted molar refractivity (Wildman–Crippen MR) is 78.1 cm³/mol. The summed E-state index contributed by atoms with van der Waals surface area (Å²) in [5.74, 6) is 2.17. The SMILES string of the molecule is CCNC(=NCc1cc(CC)no1)NC(C)C(C)C. The molecule has 0 amide bonds. The topological polar surface area (TPSA) is 62.5 Å². The summed E-state index contributed by atoms with van der Waals surface area (Å²) in [7, 11) is 0. The van der Waals surface area contributed by atoms with Gasteiger partial charge in [0, 0.05) is 18.7 Å². The highest BCUT2D eigenvalue weighted by atomic mass is 16.5. The molecule has 5 heteroatoms. The zero-order valence-corrected chi connectivity index (χ0v) is 12.7. The van der Waals surface area contributed by atoms with Crippen LogP contribution in [0.15, 0.2) is 15.6 Å². The van der Waals surface area contributed by atoms with Gasteiger partial charge in [0.05, 0.1) is 5.69 Å². The fraction of sp³-hybridized carbons (Fsp3) is 0.714. The van der Waals surface area contributed by atoms with Crippen LogP contribution in [0.4, 0.5) is 0 Å². The number of nitrogens with zero attached hydrogens (tertiary/aromatic N) is 2. The van der Waals surface area contributed by atoms with Gasteiger partial charge in [0.25, 0.3) is 0 Å². The Morgan fingerprint density at radius 1 is 1.37 bits per heavy atom. The van der Waals surface area contributed by atoms with Crippen molar-refractivity contribution in [1.29, 1.82) is 0 Å². The Balaban J connectivity index is 2.61. The molecule has 0 fully saturated rings. The van der Waals surface area contributed by atoms with E-state index in [1.807, 2.05) is 6.07 Å². The van der Waals surface area contributed by atoms with Crippen molar-refractivity contribution in [2.45, 2.75) is 53.6 Å². The van der Waals surface area contributed by atoms with Crippen molar-refractivity contribution in [3.05, 3.63) is 17.5 Å². The van der Waals surface area contributed by atoms with Crippen LogP contribution in [0.5, 0.6) is 0 Å². The molecular formula is C14H26N4O. The largest absolute Gasteiger partial charge is 0.359 e. The maximum Gasteiger partial charge on any atom is 0.191 e. The van der Waals surface area contributed by atoms with E-state index in [1.165, 1.54) is 0 Å². The zero-order chi connectivity index (χ0) is 14.3. The summed E-state index contributed by atoms with van der Waals surface area (Å²) < 4.78 is 5.22. The lowest BCUT2D eigenvalue weighted by Gasteiger charge is -2.20. The predicted octanol–water partition coefficient (Wildman–Crippen LogP) is 2.34. The first-order valence-electron chi connectivity index (χ1n) is 7.06. The van der Waals surface area contributed by atoms with Crippen molar-refractivity contribution < 1.29 is 4.52 Å². The van der Waals surface area contributed by atoms with Gasteiger partial charge >= 0.3 is 0 Å². The van der Waals surface area contributed by atoms with Gasteiger partial charge in [-0.3, -0.25) is 0 Å². The van der Waals surface area contributed by atoms with Crippen molar-refractivity contribution in [1.82, 2.24) is 15.8 Å². The third kappa shape index (κ3) is 5.32. The maximum absolute atomic E-state index is 5.22. The van der Waals surface area contributed by atoms with Gasteiger partial charge in [-0.05, 0) is 26.2 Å². The summed E-state index contributed by atoms with van der Waals surface area (Å²) >= 11 is 0. The standard InChI is InChI=1S/C14H26N4O/c1-6-12-8-13(19-18-12)9-16-14(15-7-2)17-11(5)10(3)4/h8,10-11H,6-7,9H2,1-5H3,(H2,15,16,17). The van der Waals surface area contributed by atoms with Crippen LogP contribution in [-0.4, -0.2) is 23.7 Å². The molecule has 0 saturated carbocycles. The van der Waals surface area contributed by atoms with Gasteiger partial charge < -0.3 is 15.2 Å². The van der Waals surface area contributed by atoms with E-state index in [1.54, 1.807) is 0 Å². The van der Waals surface area contributed by atoms with Crippen LogP contribution in [0.2, 0.25) is 0 Å². The van der Waals surface area contributed by atoms with Crippen molar-refractivity contribution in [2.24, 2.45) is 10.9 Å². The number of nitrogens with one attached hydrogen (secondary N) is 2. The van der Waals surface area contributed by atoms with E-state index in [2.05, 4.69) is 55.4 Å². The molecule has 0 radical (unpaired) electrons. The zero-order valence-electron chi connectivity index (χ0n) is 12.7. The lowest BCUT2D eigenvalue weighted by Crippen LogP contribution is -2.44. The van der Waals surface area contributed by atoms with Crippen LogP contribution in [-0.2, 0) is 13.0 Å². The normalized spacial score (nSPS) is 13.7. The van der Waals surface area contributed by atoms with E-state index in [9.17, 15) is 0 Å². The number of hydrogen-bond donors (Lipinski definition) is 2. The molecule has 1 unspecified atom stereocenters. The summed E-state index contributed by atoms with van der Waals surface area (Å²) in [6, 6.07) is 2.33. The molecule has 1 aromatic heterocycles. The molecule has 0 bridgehead atoms. The highest BCUT2D eigenvalue weighted by molar-refractivity contribution is 5.80. The minimum atomic E-state index is 0.374. The van der Waals surface area contributed by atoms with Crippen LogP contribution in [0.25, 0.3) is 0 Å². The molecule has 0 aliphatic heterocycles. The first kappa shape index (κ1) is 15.5. The second kappa shape index (κ2) is 7.81. The molecule has 0 aliphatic rings. The Hall–Kier alpha value is -1.52. The molecule has 108 valence electrons. The monoisotopic (exact) mass is 266 g/mol. The Bertz CT molecular complexity index is 398. The van der Waals surface area contributed by atoms with Gasteiger partial charge in [-0.1, -0.05) is 25.9 Å². The van der Waals surface area contributed by atoms with Gasteiger partial charge in [0.2, 0.25) is 0 Å². The first-order chi connectivity index (χ1) is 9.06. The minimum absolute atomic E-state index is 0.374. The van der Waals surface area contributed by atoms with Crippen LogP contribution < -0.4 is 10.6 Å². The smallest absolute Gasteiger partial charge is 0.191 e. The average molecular weight is 266 g/mol. The van der Waals surface area contributed by atoms with Gasteiger partial charge in [-0.15, -0.1) is 0 Å². The summed E-state index contributed by atoms with van der Waals surface area (Å²) in [5, 5.41) is 10.6. The van der Waals surface area contributed by atoms with E-state index in [4.69, 9.17) is 4.52 Å². The highest BCUT2D eigenvalue weighted by Crippen LogP contribution is 2.05. The van der Waals surface area contributed by atoms with Crippen molar-refractivity contribution in [2.75, 3.05) is 6.54 Å². The van der Waals surface area contributed by atoms with Gasteiger partial charge in [0.1, 0.15) is 6.54 Å². The molecular weight excluding hydrogens is 240 g/mol. The minimum Gasteiger partial charge on any atom is -0.359 e. The summed E-state index contributed by atoms with van der Waals surface area (Å²) in [4.78, 5) is 4.51. The molecule has 19 heavy (non-hydrogen) atoms. The van der Waals surface area contributed by atoms with E-state index in [0.717, 1.165) is 30.4 Å². The second-order valence-corrected chi connectivity index (χ2v) is 5.01. The Kier molecular flexibility index (Phi) is 6.39. The molecule has 1 atom stereocenters. The number of rotatable bonds is 6. The third-order valence-corrected chi connectivity index (χ3v) is 3.07. The Morgan fingerprint density at radius 2 is 2.11 bits per heavy atom. The Morgan fingerprint density at radius 3 is 2.63 bits per heavy atom. The lowest BCUT2D eigenvalue weighted by molar-refractivity contribution is 0.379. The van der Waals surface area contributed by atoms with Gasteiger partial charge in [-0.25, -0.2) is 4.99 Å². The molecule has 0 spiro atoms.